The Bertz CT molecular complexity index is 458. The molecule has 1 rings (SSSR count). The average molecular weight is 315 g/mol. The van der Waals surface area contributed by atoms with Crippen molar-refractivity contribution in [2.24, 2.45) is 5.41 Å². The van der Waals surface area contributed by atoms with Crippen LogP contribution in [0.2, 0.25) is 0 Å². The first-order valence-corrected chi connectivity index (χ1v) is 6.82. The predicted octanol–water partition coefficient (Wildman–Crippen LogP) is 4.87. The van der Waals surface area contributed by atoms with Gasteiger partial charge in [-0.1, -0.05) is 26.8 Å². The summed E-state index contributed by atoms with van der Waals surface area (Å²) in [5.41, 5.74) is 0.00863. The van der Waals surface area contributed by atoms with Crippen molar-refractivity contribution in [3.63, 3.8) is 0 Å². The molecule has 0 N–H and O–H groups in total. The van der Waals surface area contributed by atoms with E-state index in [4.69, 9.17) is 0 Å². The fourth-order valence-corrected chi connectivity index (χ4v) is 2.00. The van der Waals surface area contributed by atoms with E-state index in [1.54, 1.807) is 12.1 Å². The zero-order valence-corrected chi connectivity index (χ0v) is 13.2. The zero-order valence-electron chi connectivity index (χ0n) is 11.6. The highest BCUT2D eigenvalue weighted by molar-refractivity contribution is 9.10. The second-order valence-electron chi connectivity index (χ2n) is 6.41. The van der Waals surface area contributed by atoms with Crippen molar-refractivity contribution < 1.29 is 9.18 Å². The van der Waals surface area contributed by atoms with Crippen molar-refractivity contribution in [2.75, 3.05) is 0 Å². The molecule has 0 atom stereocenters. The van der Waals surface area contributed by atoms with Crippen LogP contribution in [0.4, 0.5) is 4.39 Å². The Kier molecular flexibility index (Phi) is 4.37. The number of Topliss-reactive ketones (excluding diaryl/α,β-unsaturated/α-hetero) is 1. The van der Waals surface area contributed by atoms with Gasteiger partial charge < -0.3 is 0 Å². The lowest BCUT2D eigenvalue weighted by Crippen LogP contribution is -2.32. The Morgan fingerprint density at radius 1 is 1.22 bits per heavy atom. The van der Waals surface area contributed by atoms with Gasteiger partial charge in [-0.25, -0.2) is 4.39 Å². The highest BCUT2D eigenvalue weighted by Crippen LogP contribution is 2.32. The van der Waals surface area contributed by atoms with E-state index in [1.165, 1.54) is 6.07 Å². The number of rotatable bonds is 3. The van der Waals surface area contributed by atoms with Crippen LogP contribution in [-0.4, -0.2) is 5.78 Å². The molecule has 0 bridgehead atoms. The van der Waals surface area contributed by atoms with Gasteiger partial charge in [-0.05, 0) is 52.9 Å². The number of hydrogen-bond donors (Lipinski definition) is 0. The molecule has 18 heavy (non-hydrogen) atoms. The van der Waals surface area contributed by atoms with E-state index < -0.39 is 5.41 Å². The molecule has 1 aromatic rings. The number of hydrogen-bond acceptors (Lipinski definition) is 1. The van der Waals surface area contributed by atoms with Gasteiger partial charge in [0, 0.05) is 11.8 Å². The summed E-state index contributed by atoms with van der Waals surface area (Å²) in [6, 6.07) is 4.88. The van der Waals surface area contributed by atoms with Crippen molar-refractivity contribution in [1.82, 2.24) is 0 Å². The Morgan fingerprint density at radius 2 is 1.78 bits per heavy atom. The predicted molar refractivity (Wildman–Crippen MR) is 76.2 cm³/mol. The van der Waals surface area contributed by atoms with Gasteiger partial charge in [0.05, 0.1) is 4.47 Å². The molecule has 0 unspecified atom stereocenters. The minimum absolute atomic E-state index is 0.0533. The number of carbonyl (C=O) groups is 1. The van der Waals surface area contributed by atoms with Gasteiger partial charge in [-0.2, -0.15) is 0 Å². The minimum Gasteiger partial charge on any atom is -0.299 e. The first kappa shape index (κ1) is 15.4. The van der Waals surface area contributed by atoms with Crippen LogP contribution in [0.25, 0.3) is 0 Å². The third kappa shape index (κ3) is 3.64. The summed E-state index contributed by atoms with van der Waals surface area (Å²) in [6.45, 7) is 9.79. The fraction of sp³-hybridized carbons (Fsp3) is 0.533. The van der Waals surface area contributed by atoms with Crippen LogP contribution in [0.3, 0.4) is 0 Å². The molecule has 0 aliphatic carbocycles. The zero-order chi connectivity index (χ0) is 14.1. The van der Waals surface area contributed by atoms with E-state index in [0.717, 1.165) is 5.56 Å². The van der Waals surface area contributed by atoms with Crippen LogP contribution < -0.4 is 0 Å². The average Bonchev–Trinajstić information content (AvgIpc) is 2.19. The van der Waals surface area contributed by atoms with E-state index in [-0.39, 0.29) is 17.0 Å². The Morgan fingerprint density at radius 3 is 2.22 bits per heavy atom. The van der Waals surface area contributed by atoms with Crippen LogP contribution in [0.5, 0.6) is 0 Å². The maximum Gasteiger partial charge on any atom is 0.143 e. The van der Waals surface area contributed by atoms with Crippen LogP contribution in [0, 0.1) is 11.2 Å². The lowest BCUT2D eigenvalue weighted by Gasteiger charge is -2.28. The molecule has 0 heterocycles. The first-order chi connectivity index (χ1) is 8.04. The van der Waals surface area contributed by atoms with E-state index in [0.29, 0.717) is 10.9 Å². The maximum atomic E-state index is 13.6. The van der Waals surface area contributed by atoms with Crippen molar-refractivity contribution in [2.45, 2.75) is 46.5 Å². The summed E-state index contributed by atoms with van der Waals surface area (Å²) in [5.74, 6) is -0.194. The summed E-state index contributed by atoms with van der Waals surface area (Å²) >= 11 is 3.12. The van der Waals surface area contributed by atoms with E-state index in [9.17, 15) is 9.18 Å². The summed E-state index contributed by atoms with van der Waals surface area (Å²) < 4.78 is 14.0. The number of halogens is 2. The molecule has 3 heteroatoms. The SMILES string of the molecule is CC(C)(C)CC(=O)C(C)(C)c1ccc(Br)c(F)c1. The van der Waals surface area contributed by atoms with Crippen LogP contribution in [0.15, 0.2) is 22.7 Å². The van der Waals surface area contributed by atoms with E-state index in [1.807, 2.05) is 34.6 Å². The molecule has 0 saturated carbocycles. The van der Waals surface area contributed by atoms with E-state index >= 15 is 0 Å². The molecule has 0 aliphatic rings. The smallest absolute Gasteiger partial charge is 0.143 e. The van der Waals surface area contributed by atoms with Gasteiger partial charge in [0.1, 0.15) is 11.6 Å². The van der Waals surface area contributed by atoms with Crippen molar-refractivity contribution >= 4 is 21.7 Å². The number of ketones is 1. The Hall–Kier alpha value is -0.700. The second kappa shape index (κ2) is 5.12. The lowest BCUT2D eigenvalue weighted by atomic mass is 9.75. The molecule has 0 radical (unpaired) electrons. The van der Waals surface area contributed by atoms with Crippen LogP contribution in [-0.2, 0) is 10.2 Å². The Labute approximate surface area is 117 Å². The highest BCUT2D eigenvalue weighted by Gasteiger charge is 2.32. The molecule has 0 spiro atoms. The summed E-state index contributed by atoms with van der Waals surface area (Å²) in [5, 5.41) is 0. The third-order valence-electron chi connectivity index (χ3n) is 3.03. The van der Waals surface area contributed by atoms with E-state index in [2.05, 4.69) is 15.9 Å². The number of benzene rings is 1. The molecule has 0 aliphatic heterocycles. The van der Waals surface area contributed by atoms with Gasteiger partial charge in [0.25, 0.3) is 0 Å². The van der Waals surface area contributed by atoms with Crippen molar-refractivity contribution in [3.05, 3.63) is 34.1 Å². The molecule has 1 aromatic carbocycles. The lowest BCUT2D eigenvalue weighted by molar-refractivity contribution is -0.125. The van der Waals surface area contributed by atoms with Gasteiger partial charge >= 0.3 is 0 Å². The van der Waals surface area contributed by atoms with Gasteiger partial charge in [-0.15, -0.1) is 0 Å². The maximum absolute atomic E-state index is 13.6. The Balaban J connectivity index is 3.05. The first-order valence-electron chi connectivity index (χ1n) is 6.03. The normalized spacial score (nSPS) is 12.6. The van der Waals surface area contributed by atoms with Crippen LogP contribution >= 0.6 is 15.9 Å². The molecule has 0 fully saturated rings. The molecule has 0 amide bonds. The fourth-order valence-electron chi connectivity index (χ4n) is 1.75. The second-order valence-corrected chi connectivity index (χ2v) is 7.27. The van der Waals surface area contributed by atoms with Gasteiger partial charge in [-0.3, -0.25) is 4.79 Å². The van der Waals surface area contributed by atoms with Crippen molar-refractivity contribution in [1.29, 1.82) is 0 Å². The van der Waals surface area contributed by atoms with Gasteiger partial charge in [0.15, 0.2) is 0 Å². The molecule has 0 aromatic heterocycles. The molecule has 0 saturated heterocycles. The third-order valence-corrected chi connectivity index (χ3v) is 3.67. The quantitative estimate of drug-likeness (QED) is 0.777. The monoisotopic (exact) mass is 314 g/mol. The van der Waals surface area contributed by atoms with Gasteiger partial charge in [0.2, 0.25) is 0 Å². The molecule has 100 valence electrons. The highest BCUT2D eigenvalue weighted by atomic mass is 79.9. The molecule has 1 nitrogen and oxygen atoms in total. The topological polar surface area (TPSA) is 17.1 Å². The van der Waals surface area contributed by atoms with Crippen LogP contribution in [0.1, 0.15) is 46.6 Å². The molecular weight excluding hydrogens is 295 g/mol. The largest absolute Gasteiger partial charge is 0.299 e. The molecular formula is C15H20BrFO. The minimum atomic E-state index is -0.658. The standard InChI is InChI=1S/C15H20BrFO/c1-14(2,3)9-13(18)15(4,5)10-6-7-11(16)12(17)8-10/h6-8H,9H2,1-5H3. The summed E-state index contributed by atoms with van der Waals surface area (Å²) in [6.07, 6.45) is 0.484. The summed E-state index contributed by atoms with van der Waals surface area (Å²) in [7, 11) is 0. The van der Waals surface area contributed by atoms with Crippen molar-refractivity contribution in [3.8, 4) is 0 Å². The summed E-state index contributed by atoms with van der Waals surface area (Å²) in [4.78, 5) is 12.3. The number of carbonyl (C=O) groups excluding carboxylic acids is 1.